The van der Waals surface area contributed by atoms with Gasteiger partial charge in [-0.1, -0.05) is 163 Å². The molecular weight excluding hydrogens is 946 g/mol. The number of hydrogen-bond donors (Lipinski definition) is 0. The van der Waals surface area contributed by atoms with Crippen LogP contribution in [0.15, 0.2) is 60.7 Å². The number of hydrogen-bond acceptors (Lipinski definition) is 10. The van der Waals surface area contributed by atoms with Crippen LogP contribution in [-0.4, -0.2) is 97.2 Å². The SMILES string of the molecule is CC(=O)OC(C)CCCCCCCC(CCCCCCCC(=O)[O-])OCc1ccccc1.CC(=O)OC(C)CCCCCCCC(CCCCCCCC(=O)[O-])OCc1ccccc1.[Ba+2]. The van der Waals surface area contributed by atoms with E-state index in [1.807, 2.05) is 50.2 Å². The van der Waals surface area contributed by atoms with Gasteiger partial charge in [0.15, 0.2) is 0 Å². The van der Waals surface area contributed by atoms with Crippen LogP contribution < -0.4 is 10.2 Å². The third kappa shape index (κ3) is 42.9. The van der Waals surface area contributed by atoms with Gasteiger partial charge < -0.3 is 38.7 Å². The molecule has 0 spiro atoms. The molecule has 65 heavy (non-hydrogen) atoms. The van der Waals surface area contributed by atoms with Crippen molar-refractivity contribution < 1.29 is 48.3 Å². The molecule has 0 aliphatic rings. The number of ether oxygens (including phenoxy) is 4. The van der Waals surface area contributed by atoms with E-state index in [4.69, 9.17) is 18.9 Å². The van der Waals surface area contributed by atoms with Crippen LogP contribution in [0.4, 0.5) is 0 Å². The minimum Gasteiger partial charge on any atom is -0.550 e. The first-order chi connectivity index (χ1) is 30.9. The second-order valence-electron chi connectivity index (χ2n) is 17.7. The third-order valence-corrected chi connectivity index (χ3v) is 11.5. The van der Waals surface area contributed by atoms with Gasteiger partial charge in [-0.05, 0) is 102 Å². The number of carboxylic acids is 2. The molecule has 0 saturated carbocycles. The maximum absolute atomic E-state index is 10.9. The summed E-state index contributed by atoms with van der Waals surface area (Å²) >= 11 is 0. The van der Waals surface area contributed by atoms with Crippen molar-refractivity contribution in [3.63, 3.8) is 0 Å². The van der Waals surface area contributed by atoms with E-state index in [2.05, 4.69) is 24.3 Å². The quantitative estimate of drug-likeness (QED) is 0.0358. The van der Waals surface area contributed by atoms with Gasteiger partial charge in [-0.15, -0.1) is 0 Å². The van der Waals surface area contributed by atoms with Gasteiger partial charge in [0.25, 0.3) is 0 Å². The van der Waals surface area contributed by atoms with Gasteiger partial charge in [-0.2, -0.15) is 0 Å². The Balaban J connectivity index is 0.00000124. The molecule has 0 amide bonds. The zero-order valence-corrected chi connectivity index (χ0v) is 45.5. The summed E-state index contributed by atoms with van der Waals surface area (Å²) in [5.41, 5.74) is 2.42. The maximum Gasteiger partial charge on any atom is 2.00 e. The Morgan fingerprint density at radius 3 is 0.954 bits per heavy atom. The molecule has 4 unspecified atom stereocenters. The van der Waals surface area contributed by atoms with Crippen molar-refractivity contribution in [1.29, 1.82) is 0 Å². The summed E-state index contributed by atoms with van der Waals surface area (Å²) in [5, 5.41) is 20.9. The summed E-state index contributed by atoms with van der Waals surface area (Å²) in [6.07, 6.45) is 28.8. The van der Waals surface area contributed by atoms with Crippen molar-refractivity contribution in [2.75, 3.05) is 0 Å². The molecule has 0 radical (unpaired) electrons. The fraction of sp³-hybridized carbons (Fsp3) is 0.704. The molecule has 2 aromatic carbocycles. The monoisotopic (exact) mass is 1030 g/mol. The van der Waals surface area contributed by atoms with Crippen LogP contribution >= 0.6 is 0 Å². The van der Waals surface area contributed by atoms with Crippen molar-refractivity contribution >= 4 is 72.8 Å². The first-order valence-electron chi connectivity index (χ1n) is 25.0. The molecule has 0 aromatic heterocycles. The van der Waals surface area contributed by atoms with E-state index < -0.39 is 11.9 Å². The number of unbranched alkanes of at least 4 members (excludes halogenated alkanes) is 16. The van der Waals surface area contributed by atoms with Crippen molar-refractivity contribution in [3.8, 4) is 0 Å². The van der Waals surface area contributed by atoms with Gasteiger partial charge in [0.1, 0.15) is 0 Å². The second kappa shape index (κ2) is 44.3. The first-order valence-corrected chi connectivity index (χ1v) is 25.0. The van der Waals surface area contributed by atoms with E-state index >= 15 is 0 Å². The largest absolute Gasteiger partial charge is 2.00 e. The van der Waals surface area contributed by atoms with E-state index in [1.165, 1.54) is 76.3 Å². The summed E-state index contributed by atoms with van der Waals surface area (Å²) in [6, 6.07) is 20.6. The van der Waals surface area contributed by atoms with Crippen molar-refractivity contribution in [2.45, 2.75) is 245 Å². The molecule has 4 atom stereocenters. The van der Waals surface area contributed by atoms with Crippen LogP contribution in [-0.2, 0) is 51.3 Å². The van der Waals surface area contributed by atoms with E-state index in [-0.39, 0.29) is 98.1 Å². The molecule has 0 saturated heterocycles. The normalized spacial score (nSPS) is 12.7. The number of carboxylic acid groups (broad SMARTS) is 2. The zero-order valence-electron chi connectivity index (χ0n) is 41.1. The second-order valence-corrected chi connectivity index (χ2v) is 17.7. The van der Waals surface area contributed by atoms with Gasteiger partial charge in [0, 0.05) is 25.8 Å². The Hall–Kier alpha value is -2.19. The van der Waals surface area contributed by atoms with Crippen LogP contribution in [0.5, 0.6) is 0 Å². The smallest absolute Gasteiger partial charge is 0.550 e. The molecule has 2 aromatic rings. The van der Waals surface area contributed by atoms with Crippen molar-refractivity contribution in [3.05, 3.63) is 71.8 Å². The predicted octanol–water partition coefficient (Wildman–Crippen LogP) is 11.1. The Bertz CT molecular complexity index is 1320. The van der Waals surface area contributed by atoms with Crippen molar-refractivity contribution in [2.24, 2.45) is 0 Å². The van der Waals surface area contributed by atoms with Crippen LogP contribution in [0.3, 0.4) is 0 Å². The molecule has 364 valence electrons. The number of benzene rings is 2. The van der Waals surface area contributed by atoms with Crippen LogP contribution in [0.1, 0.15) is 219 Å². The van der Waals surface area contributed by atoms with Gasteiger partial charge in [0.05, 0.1) is 37.6 Å². The molecular formula is C54H86BaO10. The Kier molecular flexibility index (Phi) is 42.8. The summed E-state index contributed by atoms with van der Waals surface area (Å²) in [5.74, 6) is -2.29. The number of aliphatic carboxylic acids is 2. The summed E-state index contributed by atoms with van der Waals surface area (Å²) in [7, 11) is 0. The average Bonchev–Trinajstić information content (AvgIpc) is 3.25. The molecule has 2 rings (SSSR count). The topological polar surface area (TPSA) is 151 Å². The number of esters is 2. The van der Waals surface area contributed by atoms with E-state index in [0.29, 0.717) is 13.2 Å². The number of carbonyl (C=O) groups excluding carboxylic acids is 4. The van der Waals surface area contributed by atoms with Gasteiger partial charge in [-0.3, -0.25) is 9.59 Å². The Labute approximate surface area is 434 Å². The average molecular weight is 1030 g/mol. The van der Waals surface area contributed by atoms with E-state index in [1.54, 1.807) is 0 Å². The zero-order chi connectivity index (χ0) is 46.9. The van der Waals surface area contributed by atoms with E-state index in [9.17, 15) is 29.4 Å². The predicted molar refractivity (Wildman–Crippen MR) is 258 cm³/mol. The first kappa shape index (κ1) is 62.8. The minimum absolute atomic E-state index is 0. The van der Waals surface area contributed by atoms with Gasteiger partial charge in [-0.25, -0.2) is 0 Å². The Morgan fingerprint density at radius 1 is 0.415 bits per heavy atom. The number of rotatable bonds is 40. The van der Waals surface area contributed by atoms with E-state index in [0.717, 1.165) is 116 Å². The molecule has 11 heteroatoms. The van der Waals surface area contributed by atoms with Crippen LogP contribution in [0, 0.1) is 0 Å². The summed E-state index contributed by atoms with van der Waals surface area (Å²) in [6.45, 7) is 8.16. The molecule has 0 bridgehead atoms. The summed E-state index contributed by atoms with van der Waals surface area (Å²) < 4.78 is 22.8. The van der Waals surface area contributed by atoms with Crippen LogP contribution in [0.25, 0.3) is 0 Å². The third-order valence-electron chi connectivity index (χ3n) is 11.5. The van der Waals surface area contributed by atoms with Gasteiger partial charge >= 0.3 is 60.8 Å². The van der Waals surface area contributed by atoms with Gasteiger partial charge in [0.2, 0.25) is 0 Å². The van der Waals surface area contributed by atoms with Crippen molar-refractivity contribution in [1.82, 2.24) is 0 Å². The summed E-state index contributed by atoms with van der Waals surface area (Å²) in [4.78, 5) is 42.8. The maximum atomic E-state index is 10.9. The minimum atomic E-state index is -0.946. The Morgan fingerprint density at radius 2 is 0.677 bits per heavy atom. The van der Waals surface area contributed by atoms with Crippen LogP contribution in [0.2, 0.25) is 0 Å². The fourth-order valence-electron chi connectivity index (χ4n) is 7.89. The molecule has 0 fully saturated rings. The molecule has 0 heterocycles. The molecule has 10 nitrogen and oxygen atoms in total. The molecule has 0 N–H and O–H groups in total. The fourth-order valence-corrected chi connectivity index (χ4v) is 7.89. The molecule has 0 aliphatic carbocycles. The molecule has 0 aliphatic heterocycles. The number of carbonyl (C=O) groups is 4. The standard InChI is InChI=1S/2C27H44O5.Ba/c2*1-23(32-24(2)28)16-10-5-3-6-13-19-26(31-22-25-17-11-9-12-18-25)20-14-7-4-8-15-21-27(29)30;/h2*9,11-12,17-18,23,26H,3-8,10,13-16,19-22H2,1-2H3,(H,29,30);/q;;+2/p-2.